The van der Waals surface area contributed by atoms with Gasteiger partial charge in [0.25, 0.3) is 0 Å². The third-order valence-corrected chi connectivity index (χ3v) is 3.67. The van der Waals surface area contributed by atoms with Crippen molar-refractivity contribution < 1.29 is 4.74 Å². The van der Waals surface area contributed by atoms with Crippen LogP contribution in [-0.2, 0) is 4.74 Å². The summed E-state index contributed by atoms with van der Waals surface area (Å²) in [6.07, 6.45) is 3.39. The number of nitriles is 2. The van der Waals surface area contributed by atoms with Gasteiger partial charge in [-0.2, -0.15) is 10.5 Å². The molecule has 0 N–H and O–H groups in total. The maximum Gasteiger partial charge on any atom is 0.129 e. The van der Waals surface area contributed by atoms with Crippen LogP contribution in [0.1, 0.15) is 5.56 Å². The molecule has 0 atom stereocenters. The Labute approximate surface area is 132 Å². The highest BCUT2D eigenvalue weighted by atomic mass is 79.9. The molecule has 0 aromatic heterocycles. The van der Waals surface area contributed by atoms with E-state index in [0.717, 1.165) is 28.8 Å². The Morgan fingerprint density at radius 1 is 1.10 bits per heavy atom. The van der Waals surface area contributed by atoms with Crippen molar-refractivity contribution in [3.8, 4) is 12.1 Å². The number of hydrogen-bond acceptors (Lipinski definition) is 4. The van der Waals surface area contributed by atoms with E-state index in [1.54, 1.807) is 6.08 Å². The first-order valence-electron chi connectivity index (χ1n) is 6.55. The van der Waals surface area contributed by atoms with Crippen LogP contribution < -0.4 is 0 Å². The molecule has 106 valence electrons. The van der Waals surface area contributed by atoms with Crippen LogP contribution in [0.15, 0.2) is 46.5 Å². The van der Waals surface area contributed by atoms with Gasteiger partial charge >= 0.3 is 0 Å². The summed E-state index contributed by atoms with van der Waals surface area (Å²) in [5.41, 5.74) is 2.14. The second-order valence-electron chi connectivity index (χ2n) is 4.46. The SMILES string of the molecule is N#CC(C#N)=CC=C(c1ccc(Br)cc1)N1CCOCC1. The van der Waals surface area contributed by atoms with Crippen LogP contribution >= 0.6 is 15.9 Å². The van der Waals surface area contributed by atoms with Gasteiger partial charge in [0.2, 0.25) is 0 Å². The Morgan fingerprint density at radius 3 is 2.29 bits per heavy atom. The molecule has 1 aromatic carbocycles. The van der Waals surface area contributed by atoms with Crippen LogP contribution in [0.5, 0.6) is 0 Å². The fourth-order valence-corrected chi connectivity index (χ4v) is 2.34. The predicted octanol–water partition coefficient (Wildman–Crippen LogP) is 3.10. The van der Waals surface area contributed by atoms with Crippen molar-refractivity contribution in [3.63, 3.8) is 0 Å². The van der Waals surface area contributed by atoms with Gasteiger partial charge in [-0.25, -0.2) is 0 Å². The molecule has 0 unspecified atom stereocenters. The van der Waals surface area contributed by atoms with Crippen LogP contribution in [0, 0.1) is 22.7 Å². The molecule has 21 heavy (non-hydrogen) atoms. The van der Waals surface area contributed by atoms with E-state index in [0.29, 0.717) is 13.2 Å². The number of halogens is 1. The normalized spacial score (nSPS) is 15.0. The van der Waals surface area contributed by atoms with Gasteiger partial charge in [-0.3, -0.25) is 0 Å². The van der Waals surface area contributed by atoms with Crippen LogP contribution in [0.25, 0.3) is 5.70 Å². The highest BCUT2D eigenvalue weighted by Crippen LogP contribution is 2.23. The number of morpholine rings is 1. The lowest BCUT2D eigenvalue weighted by Gasteiger charge is -2.31. The van der Waals surface area contributed by atoms with Crippen molar-refractivity contribution in [2.75, 3.05) is 26.3 Å². The summed E-state index contributed by atoms with van der Waals surface area (Å²) in [5.74, 6) is 0. The molecule has 1 fully saturated rings. The summed E-state index contributed by atoms with van der Waals surface area (Å²) in [6.45, 7) is 2.95. The quantitative estimate of drug-likeness (QED) is 0.625. The molecule has 0 radical (unpaired) electrons. The van der Waals surface area contributed by atoms with E-state index in [-0.39, 0.29) is 5.57 Å². The zero-order valence-corrected chi connectivity index (χ0v) is 13.0. The van der Waals surface area contributed by atoms with Gasteiger partial charge < -0.3 is 9.64 Å². The summed E-state index contributed by atoms with van der Waals surface area (Å²) >= 11 is 3.42. The summed E-state index contributed by atoms with van der Waals surface area (Å²) in [4.78, 5) is 2.20. The summed E-state index contributed by atoms with van der Waals surface area (Å²) in [7, 11) is 0. The molecule has 1 saturated heterocycles. The Bertz CT molecular complexity index is 613. The van der Waals surface area contributed by atoms with Crippen molar-refractivity contribution in [2.45, 2.75) is 0 Å². The summed E-state index contributed by atoms with van der Waals surface area (Å²) in [6, 6.07) is 11.7. The lowest BCUT2D eigenvalue weighted by molar-refractivity contribution is 0.0639. The highest BCUT2D eigenvalue weighted by Gasteiger charge is 2.14. The minimum atomic E-state index is 0.0953. The molecule has 0 bridgehead atoms. The lowest BCUT2D eigenvalue weighted by atomic mass is 10.1. The minimum Gasteiger partial charge on any atom is -0.378 e. The third kappa shape index (κ3) is 4.19. The van der Waals surface area contributed by atoms with Crippen LogP contribution in [0.3, 0.4) is 0 Å². The van der Waals surface area contributed by atoms with Crippen molar-refractivity contribution in [1.29, 1.82) is 10.5 Å². The predicted molar refractivity (Wildman–Crippen MR) is 83.8 cm³/mol. The van der Waals surface area contributed by atoms with Gasteiger partial charge in [0.05, 0.1) is 13.2 Å². The van der Waals surface area contributed by atoms with E-state index in [4.69, 9.17) is 15.3 Å². The first-order valence-corrected chi connectivity index (χ1v) is 7.34. The first-order chi connectivity index (χ1) is 10.2. The first kappa shape index (κ1) is 15.3. The molecular formula is C16H14BrN3O. The topological polar surface area (TPSA) is 60.0 Å². The second kappa shape index (κ2) is 7.64. The van der Waals surface area contributed by atoms with E-state index >= 15 is 0 Å². The lowest BCUT2D eigenvalue weighted by Crippen LogP contribution is -2.34. The maximum atomic E-state index is 8.85. The highest BCUT2D eigenvalue weighted by molar-refractivity contribution is 9.10. The molecule has 0 aliphatic carbocycles. The molecule has 2 rings (SSSR count). The smallest absolute Gasteiger partial charge is 0.129 e. The van der Waals surface area contributed by atoms with Gasteiger partial charge in [-0.05, 0) is 29.8 Å². The number of rotatable bonds is 3. The maximum absolute atomic E-state index is 8.85. The molecular weight excluding hydrogens is 330 g/mol. The number of allylic oxidation sites excluding steroid dienone is 3. The largest absolute Gasteiger partial charge is 0.378 e. The second-order valence-corrected chi connectivity index (χ2v) is 5.38. The van der Waals surface area contributed by atoms with Gasteiger partial charge in [0.15, 0.2) is 0 Å². The zero-order chi connectivity index (χ0) is 15.1. The fourth-order valence-electron chi connectivity index (χ4n) is 2.07. The third-order valence-electron chi connectivity index (χ3n) is 3.14. The average Bonchev–Trinajstić information content (AvgIpc) is 2.54. The van der Waals surface area contributed by atoms with Crippen LogP contribution in [0.4, 0.5) is 0 Å². The Kier molecular flexibility index (Phi) is 5.57. The van der Waals surface area contributed by atoms with E-state index in [1.807, 2.05) is 42.5 Å². The van der Waals surface area contributed by atoms with E-state index in [2.05, 4.69) is 20.8 Å². The molecule has 1 aromatic rings. The van der Waals surface area contributed by atoms with Crippen LogP contribution in [0.2, 0.25) is 0 Å². The molecule has 0 spiro atoms. The van der Waals surface area contributed by atoms with Gasteiger partial charge in [-0.15, -0.1) is 0 Å². The molecule has 0 saturated carbocycles. The monoisotopic (exact) mass is 343 g/mol. The van der Waals surface area contributed by atoms with E-state index < -0.39 is 0 Å². The van der Waals surface area contributed by atoms with E-state index in [9.17, 15) is 0 Å². The zero-order valence-electron chi connectivity index (χ0n) is 11.4. The van der Waals surface area contributed by atoms with E-state index in [1.165, 1.54) is 0 Å². The van der Waals surface area contributed by atoms with Crippen molar-refractivity contribution in [2.24, 2.45) is 0 Å². The minimum absolute atomic E-state index is 0.0953. The molecule has 5 heteroatoms. The Morgan fingerprint density at radius 2 is 1.71 bits per heavy atom. The number of nitrogens with zero attached hydrogens (tertiary/aromatic N) is 3. The molecule has 1 heterocycles. The number of hydrogen-bond donors (Lipinski definition) is 0. The van der Waals surface area contributed by atoms with Gasteiger partial charge in [-0.1, -0.05) is 28.1 Å². The molecule has 1 aliphatic heterocycles. The summed E-state index contributed by atoms with van der Waals surface area (Å²) in [5, 5.41) is 17.7. The summed E-state index contributed by atoms with van der Waals surface area (Å²) < 4.78 is 6.39. The number of ether oxygens (including phenoxy) is 1. The Balaban J connectivity index is 2.37. The number of benzene rings is 1. The van der Waals surface area contributed by atoms with Gasteiger partial charge in [0, 0.05) is 23.3 Å². The molecule has 0 amide bonds. The standard InChI is InChI=1S/C16H14BrN3O/c17-15-4-2-14(3-5-15)16(6-1-13(11-18)12-19)20-7-9-21-10-8-20/h1-6H,7-10H2. The van der Waals surface area contributed by atoms with Crippen molar-refractivity contribution in [1.82, 2.24) is 4.90 Å². The van der Waals surface area contributed by atoms with Crippen molar-refractivity contribution >= 4 is 21.6 Å². The Hall–Kier alpha value is -2.08. The van der Waals surface area contributed by atoms with Crippen molar-refractivity contribution in [3.05, 3.63) is 52.0 Å². The van der Waals surface area contributed by atoms with Crippen LogP contribution in [-0.4, -0.2) is 31.2 Å². The average molecular weight is 344 g/mol. The van der Waals surface area contributed by atoms with Gasteiger partial charge in [0.1, 0.15) is 17.7 Å². The fraction of sp³-hybridized carbons (Fsp3) is 0.250. The molecule has 1 aliphatic rings. The molecule has 4 nitrogen and oxygen atoms in total.